The van der Waals surface area contributed by atoms with Crippen molar-refractivity contribution in [3.05, 3.63) is 40.6 Å². The molecule has 5 rings (SSSR count). The van der Waals surface area contributed by atoms with Crippen molar-refractivity contribution in [2.24, 2.45) is 5.92 Å². The number of piperazine rings is 1. The SMILES string of the molecule is O=C1Nc2ccc(-c3ccsc3)cc2C(=O)N2CCN(C(=O)C3CCCCC3)C[C@H]12. The predicted octanol–water partition coefficient (Wildman–Crippen LogP) is 3.60. The van der Waals surface area contributed by atoms with Gasteiger partial charge in [0.15, 0.2) is 0 Å². The van der Waals surface area contributed by atoms with Crippen molar-refractivity contribution in [1.82, 2.24) is 9.80 Å². The van der Waals surface area contributed by atoms with Gasteiger partial charge in [-0.1, -0.05) is 25.3 Å². The zero-order valence-electron chi connectivity index (χ0n) is 16.8. The summed E-state index contributed by atoms with van der Waals surface area (Å²) in [6.45, 7) is 1.15. The van der Waals surface area contributed by atoms with Crippen LogP contribution in [0.5, 0.6) is 0 Å². The van der Waals surface area contributed by atoms with Gasteiger partial charge in [0.1, 0.15) is 6.04 Å². The average molecular weight is 424 g/mol. The summed E-state index contributed by atoms with van der Waals surface area (Å²) in [7, 11) is 0. The van der Waals surface area contributed by atoms with Gasteiger partial charge in [-0.05, 0) is 52.9 Å². The lowest BCUT2D eigenvalue weighted by Gasteiger charge is -2.40. The van der Waals surface area contributed by atoms with E-state index in [0.29, 0.717) is 24.3 Å². The van der Waals surface area contributed by atoms with Crippen LogP contribution in [0.25, 0.3) is 11.1 Å². The fourth-order valence-corrected chi connectivity index (χ4v) is 5.53. The van der Waals surface area contributed by atoms with E-state index in [9.17, 15) is 14.4 Å². The number of anilines is 1. The van der Waals surface area contributed by atoms with Gasteiger partial charge in [-0.15, -0.1) is 0 Å². The molecule has 30 heavy (non-hydrogen) atoms. The summed E-state index contributed by atoms with van der Waals surface area (Å²) in [5.41, 5.74) is 3.08. The Hall–Kier alpha value is -2.67. The van der Waals surface area contributed by atoms with Gasteiger partial charge in [0.25, 0.3) is 5.91 Å². The lowest BCUT2D eigenvalue weighted by molar-refractivity contribution is -0.140. The summed E-state index contributed by atoms with van der Waals surface area (Å²) < 4.78 is 0. The maximum Gasteiger partial charge on any atom is 0.256 e. The number of carbonyl (C=O) groups excluding carboxylic acids is 3. The highest BCUT2D eigenvalue weighted by atomic mass is 32.1. The Labute approximate surface area is 179 Å². The molecule has 0 spiro atoms. The monoisotopic (exact) mass is 423 g/mol. The highest BCUT2D eigenvalue weighted by Gasteiger charge is 2.41. The minimum Gasteiger partial charge on any atom is -0.338 e. The van der Waals surface area contributed by atoms with E-state index in [1.807, 2.05) is 35.0 Å². The normalized spacial score (nSPS) is 22.2. The number of thiophene rings is 1. The maximum atomic E-state index is 13.3. The zero-order valence-corrected chi connectivity index (χ0v) is 17.6. The molecule has 0 radical (unpaired) electrons. The van der Waals surface area contributed by atoms with Gasteiger partial charge in [0.2, 0.25) is 11.8 Å². The van der Waals surface area contributed by atoms with Crippen LogP contribution in [0.1, 0.15) is 42.5 Å². The van der Waals surface area contributed by atoms with Crippen LogP contribution in [0.3, 0.4) is 0 Å². The molecule has 2 fully saturated rings. The van der Waals surface area contributed by atoms with Crippen molar-refractivity contribution < 1.29 is 14.4 Å². The first-order chi connectivity index (χ1) is 14.6. The molecule has 1 saturated carbocycles. The molecule has 1 aromatic heterocycles. The molecule has 3 aliphatic rings. The number of carbonyl (C=O) groups is 3. The van der Waals surface area contributed by atoms with Gasteiger partial charge in [0, 0.05) is 19.0 Å². The second-order valence-corrected chi connectivity index (χ2v) is 9.18. The third kappa shape index (κ3) is 3.41. The number of fused-ring (bicyclic) bond motifs is 2. The van der Waals surface area contributed by atoms with Gasteiger partial charge in [-0.2, -0.15) is 11.3 Å². The zero-order chi connectivity index (χ0) is 20.7. The van der Waals surface area contributed by atoms with Gasteiger partial charge in [-0.3, -0.25) is 14.4 Å². The highest BCUT2D eigenvalue weighted by Crippen LogP contribution is 2.32. The Bertz CT molecular complexity index is 982. The molecule has 1 N–H and O–H groups in total. The molecule has 3 amide bonds. The lowest BCUT2D eigenvalue weighted by Crippen LogP contribution is -2.60. The molecule has 1 saturated heterocycles. The third-order valence-corrected chi connectivity index (χ3v) is 7.26. The standard InChI is InChI=1S/C23H25N3O3S/c27-21-20-13-25(22(28)15-4-2-1-3-5-15)9-10-26(20)23(29)18-12-16(6-7-19(18)24-21)17-8-11-30-14-17/h6-8,11-12,14-15,20H,1-5,9-10,13H2,(H,24,27)/t20-/m1/s1. The van der Waals surface area contributed by atoms with Crippen LogP contribution in [0.2, 0.25) is 0 Å². The van der Waals surface area contributed by atoms with Crippen molar-refractivity contribution in [2.75, 3.05) is 25.0 Å². The molecule has 2 aliphatic heterocycles. The Morgan fingerprint density at radius 3 is 2.63 bits per heavy atom. The number of benzene rings is 1. The largest absolute Gasteiger partial charge is 0.338 e. The third-order valence-electron chi connectivity index (χ3n) is 6.57. The van der Waals surface area contributed by atoms with E-state index >= 15 is 0 Å². The molecule has 1 aliphatic carbocycles. The van der Waals surface area contributed by atoms with E-state index in [-0.39, 0.29) is 30.2 Å². The number of hydrogen-bond acceptors (Lipinski definition) is 4. The molecule has 2 aromatic rings. The van der Waals surface area contributed by atoms with Gasteiger partial charge in [0.05, 0.1) is 17.8 Å². The molecular formula is C23H25N3O3S. The number of nitrogens with zero attached hydrogens (tertiary/aromatic N) is 2. The predicted molar refractivity (Wildman–Crippen MR) is 116 cm³/mol. The molecule has 6 nitrogen and oxygen atoms in total. The second-order valence-electron chi connectivity index (χ2n) is 8.40. The Balaban J connectivity index is 1.39. The van der Waals surface area contributed by atoms with Crippen molar-refractivity contribution in [3.8, 4) is 11.1 Å². The number of nitrogens with one attached hydrogen (secondary N) is 1. The minimum atomic E-state index is -0.643. The van der Waals surface area contributed by atoms with Crippen molar-refractivity contribution in [3.63, 3.8) is 0 Å². The minimum absolute atomic E-state index is 0.0696. The first-order valence-electron chi connectivity index (χ1n) is 10.7. The van der Waals surface area contributed by atoms with Crippen LogP contribution in [-0.2, 0) is 9.59 Å². The molecule has 3 heterocycles. The fourth-order valence-electron chi connectivity index (χ4n) is 4.87. The summed E-state index contributed by atoms with van der Waals surface area (Å²) >= 11 is 1.61. The van der Waals surface area contributed by atoms with Crippen LogP contribution in [0, 0.1) is 5.92 Å². The number of rotatable bonds is 2. The molecular weight excluding hydrogens is 398 g/mol. The maximum absolute atomic E-state index is 13.3. The Morgan fingerprint density at radius 2 is 1.87 bits per heavy atom. The lowest BCUT2D eigenvalue weighted by atomic mass is 9.88. The van der Waals surface area contributed by atoms with Crippen molar-refractivity contribution in [1.29, 1.82) is 0 Å². The van der Waals surface area contributed by atoms with E-state index in [2.05, 4.69) is 5.32 Å². The first-order valence-corrected chi connectivity index (χ1v) is 11.6. The molecule has 1 atom stereocenters. The van der Waals surface area contributed by atoms with Crippen LogP contribution in [-0.4, -0.2) is 53.2 Å². The number of hydrogen-bond donors (Lipinski definition) is 1. The van der Waals surface area contributed by atoms with E-state index in [1.165, 1.54) is 6.42 Å². The van der Waals surface area contributed by atoms with E-state index < -0.39 is 6.04 Å². The van der Waals surface area contributed by atoms with Crippen LogP contribution >= 0.6 is 11.3 Å². The van der Waals surface area contributed by atoms with E-state index in [4.69, 9.17) is 0 Å². The quantitative estimate of drug-likeness (QED) is 0.802. The van der Waals surface area contributed by atoms with Gasteiger partial charge < -0.3 is 15.1 Å². The second kappa shape index (κ2) is 7.87. The van der Waals surface area contributed by atoms with Crippen LogP contribution < -0.4 is 5.32 Å². The van der Waals surface area contributed by atoms with Gasteiger partial charge in [-0.25, -0.2) is 0 Å². The Morgan fingerprint density at radius 1 is 1.03 bits per heavy atom. The summed E-state index contributed by atoms with van der Waals surface area (Å²) in [5.74, 6) is -0.141. The first kappa shape index (κ1) is 19.3. The van der Waals surface area contributed by atoms with Crippen LogP contribution in [0.15, 0.2) is 35.0 Å². The average Bonchev–Trinajstić information content (AvgIpc) is 3.30. The van der Waals surface area contributed by atoms with E-state index in [1.54, 1.807) is 21.1 Å². The summed E-state index contributed by atoms with van der Waals surface area (Å²) in [6, 6.07) is 6.97. The molecule has 156 valence electrons. The fraction of sp³-hybridized carbons (Fsp3) is 0.435. The highest BCUT2D eigenvalue weighted by molar-refractivity contribution is 7.08. The molecule has 7 heteroatoms. The van der Waals surface area contributed by atoms with Crippen molar-refractivity contribution >= 4 is 34.7 Å². The van der Waals surface area contributed by atoms with Crippen LogP contribution in [0.4, 0.5) is 5.69 Å². The topological polar surface area (TPSA) is 69.7 Å². The number of amides is 3. The Kier molecular flexibility index (Phi) is 5.06. The molecule has 0 unspecified atom stereocenters. The summed E-state index contributed by atoms with van der Waals surface area (Å²) in [5, 5.41) is 6.97. The molecule has 0 bridgehead atoms. The van der Waals surface area contributed by atoms with Gasteiger partial charge >= 0.3 is 0 Å². The van der Waals surface area contributed by atoms with Crippen molar-refractivity contribution in [2.45, 2.75) is 38.1 Å². The smallest absolute Gasteiger partial charge is 0.256 e. The van der Waals surface area contributed by atoms with E-state index in [0.717, 1.165) is 36.8 Å². The summed E-state index contributed by atoms with van der Waals surface area (Å²) in [4.78, 5) is 42.8. The summed E-state index contributed by atoms with van der Waals surface area (Å²) in [6.07, 6.45) is 5.26. The molecule has 1 aromatic carbocycles.